The Morgan fingerprint density at radius 1 is 1.38 bits per heavy atom. The molecule has 1 aromatic carbocycles. The number of amidine groups is 1. The van der Waals surface area contributed by atoms with Crippen molar-refractivity contribution in [2.24, 2.45) is 16.6 Å². The van der Waals surface area contributed by atoms with Crippen LogP contribution in [-0.2, 0) is 16.7 Å². The second-order valence-electron chi connectivity index (χ2n) is 7.07. The maximum atomic E-state index is 14.6. The van der Waals surface area contributed by atoms with Crippen LogP contribution in [0.4, 0.5) is 13.2 Å². The van der Waals surface area contributed by atoms with E-state index in [1.807, 2.05) is 0 Å². The van der Waals surface area contributed by atoms with Gasteiger partial charge in [-0.15, -0.1) is 0 Å². The summed E-state index contributed by atoms with van der Waals surface area (Å²) >= 11 is 0. The molecule has 2 N–H and O–H groups in total. The lowest BCUT2D eigenvalue weighted by Gasteiger charge is -2.33. The highest BCUT2D eigenvalue weighted by molar-refractivity contribution is 5.95. The fraction of sp³-hybridized carbons (Fsp3) is 0.350. The predicted molar refractivity (Wildman–Crippen MR) is 97.5 cm³/mol. The molecule has 9 heteroatoms. The van der Waals surface area contributed by atoms with Crippen molar-refractivity contribution < 1.29 is 27.4 Å². The number of nitrogens with two attached hydrogens (primary N) is 1. The van der Waals surface area contributed by atoms with E-state index in [0.717, 1.165) is 6.07 Å². The number of alkyl halides is 2. The molecule has 4 rings (SSSR count). The van der Waals surface area contributed by atoms with Gasteiger partial charge >= 0.3 is 0 Å². The van der Waals surface area contributed by atoms with Crippen LogP contribution in [0.15, 0.2) is 41.5 Å². The molecular formula is C20H18F3N3O3. The zero-order valence-electron chi connectivity index (χ0n) is 15.4. The number of hydrogen-bond acceptors (Lipinski definition) is 6. The van der Waals surface area contributed by atoms with E-state index >= 15 is 0 Å². The number of nitrogens with zero attached hydrogens (tertiary/aromatic N) is 2. The number of aliphatic imine (C=N–C) groups is 1. The van der Waals surface area contributed by atoms with Crippen LogP contribution >= 0.6 is 0 Å². The Hall–Kier alpha value is -3.10. The van der Waals surface area contributed by atoms with Crippen molar-refractivity contribution in [1.82, 2.24) is 4.98 Å². The lowest BCUT2D eigenvalue weighted by Crippen LogP contribution is -2.43. The fourth-order valence-corrected chi connectivity index (χ4v) is 3.73. The lowest BCUT2D eigenvalue weighted by atomic mass is 9.83. The summed E-state index contributed by atoms with van der Waals surface area (Å²) in [6, 6.07) is 6.44. The monoisotopic (exact) mass is 405 g/mol. The Labute approximate surface area is 164 Å². The van der Waals surface area contributed by atoms with Crippen molar-refractivity contribution in [2.45, 2.75) is 30.9 Å². The quantitative estimate of drug-likeness (QED) is 0.747. The van der Waals surface area contributed by atoms with Crippen LogP contribution in [0.1, 0.15) is 28.0 Å². The predicted octanol–water partition coefficient (Wildman–Crippen LogP) is 2.85. The molecule has 2 aliphatic rings. The van der Waals surface area contributed by atoms with E-state index < -0.39 is 29.8 Å². The first-order valence-electron chi connectivity index (χ1n) is 8.97. The van der Waals surface area contributed by atoms with Crippen molar-refractivity contribution in [3.63, 3.8) is 0 Å². The SMILES string of the molecule is COc1ccc(C(=O)Cc2ccc(F)c([C@@]3(C(F)F)N=C(N)O[C@@H]4C[C@@H]43)c2)nc1. The van der Waals surface area contributed by atoms with Gasteiger partial charge in [0.25, 0.3) is 12.4 Å². The summed E-state index contributed by atoms with van der Waals surface area (Å²) < 4.78 is 53.1. The minimum Gasteiger partial charge on any atom is -0.495 e. The van der Waals surface area contributed by atoms with Gasteiger partial charge in [0.1, 0.15) is 23.4 Å². The molecule has 0 amide bonds. The Morgan fingerprint density at radius 3 is 2.83 bits per heavy atom. The van der Waals surface area contributed by atoms with E-state index in [-0.39, 0.29) is 29.5 Å². The van der Waals surface area contributed by atoms with Crippen LogP contribution in [0.3, 0.4) is 0 Å². The first-order valence-corrected chi connectivity index (χ1v) is 8.97. The third kappa shape index (κ3) is 3.30. The van der Waals surface area contributed by atoms with Crippen molar-refractivity contribution in [3.05, 3.63) is 59.2 Å². The molecule has 0 radical (unpaired) electrons. The van der Waals surface area contributed by atoms with Crippen LogP contribution < -0.4 is 10.5 Å². The number of rotatable bonds is 6. The zero-order chi connectivity index (χ0) is 20.8. The minimum atomic E-state index is -2.98. The maximum Gasteiger partial charge on any atom is 0.283 e. The number of carbonyl (C=O) groups is 1. The summed E-state index contributed by atoms with van der Waals surface area (Å²) in [5.41, 5.74) is 3.74. The van der Waals surface area contributed by atoms with Gasteiger partial charge in [0.2, 0.25) is 0 Å². The molecule has 3 atom stereocenters. The molecule has 0 spiro atoms. The average Bonchev–Trinajstić information content (AvgIpc) is 3.48. The molecule has 1 aromatic heterocycles. The molecule has 6 nitrogen and oxygen atoms in total. The summed E-state index contributed by atoms with van der Waals surface area (Å²) in [5.74, 6) is -1.33. The topological polar surface area (TPSA) is 86.8 Å². The van der Waals surface area contributed by atoms with Gasteiger partial charge in [0.15, 0.2) is 11.3 Å². The maximum absolute atomic E-state index is 14.6. The van der Waals surface area contributed by atoms with Gasteiger partial charge in [0, 0.05) is 17.9 Å². The van der Waals surface area contributed by atoms with Crippen molar-refractivity contribution in [1.29, 1.82) is 0 Å². The van der Waals surface area contributed by atoms with Gasteiger partial charge in [-0.1, -0.05) is 6.07 Å². The highest BCUT2D eigenvalue weighted by Crippen LogP contribution is 2.56. The average molecular weight is 405 g/mol. The lowest BCUT2D eigenvalue weighted by molar-refractivity contribution is 0.0176. The number of fused-ring (bicyclic) bond motifs is 1. The van der Waals surface area contributed by atoms with E-state index in [0.29, 0.717) is 17.7 Å². The molecule has 2 heterocycles. The van der Waals surface area contributed by atoms with Crippen molar-refractivity contribution in [3.8, 4) is 5.75 Å². The van der Waals surface area contributed by atoms with E-state index in [4.69, 9.17) is 15.2 Å². The van der Waals surface area contributed by atoms with Crippen LogP contribution in [0.2, 0.25) is 0 Å². The van der Waals surface area contributed by atoms with Crippen LogP contribution in [0.25, 0.3) is 0 Å². The number of halogens is 3. The summed E-state index contributed by atoms with van der Waals surface area (Å²) in [4.78, 5) is 20.4. The Bertz CT molecular complexity index is 981. The van der Waals surface area contributed by atoms with Crippen LogP contribution in [0, 0.1) is 11.7 Å². The summed E-state index contributed by atoms with van der Waals surface area (Å²) in [5, 5.41) is 0. The summed E-state index contributed by atoms with van der Waals surface area (Å²) in [6.45, 7) is 0. The first-order chi connectivity index (χ1) is 13.8. The molecule has 0 bridgehead atoms. The highest BCUT2D eigenvalue weighted by atomic mass is 19.3. The van der Waals surface area contributed by atoms with Crippen LogP contribution in [-0.4, -0.2) is 36.4 Å². The van der Waals surface area contributed by atoms with Gasteiger partial charge in [-0.25, -0.2) is 23.1 Å². The Balaban J connectivity index is 1.67. The smallest absolute Gasteiger partial charge is 0.283 e. The standard InChI is InChI=1S/C20H18F3N3O3/c1-28-11-3-5-15(25-9-11)16(27)7-10-2-4-14(21)12(6-10)20(18(22)23)13-8-17(13)29-19(24)26-20/h2-6,9,13,17-18H,7-8H2,1H3,(H2,24,26)/t13-,17+,20+/m0/s1. The first kappa shape index (κ1) is 19.2. The largest absolute Gasteiger partial charge is 0.495 e. The molecule has 1 aliphatic carbocycles. The van der Waals surface area contributed by atoms with E-state index in [1.54, 1.807) is 6.07 Å². The number of ketones is 1. The van der Waals surface area contributed by atoms with E-state index in [1.165, 1.54) is 31.5 Å². The molecule has 1 aliphatic heterocycles. The molecule has 2 aromatic rings. The van der Waals surface area contributed by atoms with Gasteiger partial charge in [0.05, 0.1) is 13.3 Å². The van der Waals surface area contributed by atoms with Gasteiger partial charge in [-0.3, -0.25) is 4.79 Å². The zero-order valence-corrected chi connectivity index (χ0v) is 15.4. The second kappa shape index (κ2) is 7.06. The molecule has 152 valence electrons. The number of benzene rings is 1. The molecule has 0 unspecified atom stereocenters. The summed E-state index contributed by atoms with van der Waals surface area (Å²) in [7, 11) is 1.48. The van der Waals surface area contributed by atoms with E-state index in [2.05, 4.69) is 9.98 Å². The molecule has 0 saturated heterocycles. The Morgan fingerprint density at radius 2 is 2.17 bits per heavy atom. The van der Waals surface area contributed by atoms with Crippen molar-refractivity contribution >= 4 is 11.8 Å². The second-order valence-corrected chi connectivity index (χ2v) is 7.07. The highest BCUT2D eigenvalue weighted by Gasteiger charge is 2.64. The normalized spacial score (nSPS) is 25.1. The van der Waals surface area contributed by atoms with Crippen LogP contribution in [0.5, 0.6) is 5.75 Å². The number of ether oxygens (including phenoxy) is 2. The number of aromatic nitrogens is 1. The third-order valence-electron chi connectivity index (χ3n) is 5.28. The number of carbonyl (C=O) groups excluding carboxylic acids is 1. The number of Topliss-reactive ketones (excluding diaryl/α,β-unsaturated/α-hetero) is 1. The molecular weight excluding hydrogens is 387 g/mol. The molecule has 1 fully saturated rings. The van der Waals surface area contributed by atoms with Crippen molar-refractivity contribution in [2.75, 3.05) is 7.11 Å². The van der Waals surface area contributed by atoms with E-state index in [9.17, 15) is 18.0 Å². The Kier molecular flexibility index (Phi) is 4.68. The molecule has 29 heavy (non-hydrogen) atoms. The van der Waals surface area contributed by atoms with Gasteiger partial charge < -0.3 is 15.2 Å². The number of pyridine rings is 1. The number of methoxy groups -OCH3 is 1. The van der Waals surface area contributed by atoms with Gasteiger partial charge in [-0.05, 0) is 36.2 Å². The molecule has 1 saturated carbocycles. The number of hydrogen-bond donors (Lipinski definition) is 1. The van der Waals surface area contributed by atoms with Gasteiger partial charge in [-0.2, -0.15) is 0 Å². The minimum absolute atomic E-state index is 0.129. The summed E-state index contributed by atoms with van der Waals surface area (Å²) in [6.07, 6.45) is -1.90. The fourth-order valence-electron chi connectivity index (χ4n) is 3.73. The third-order valence-corrected chi connectivity index (χ3v) is 5.28.